The van der Waals surface area contributed by atoms with Gasteiger partial charge in [0, 0.05) is 0 Å². The van der Waals surface area contributed by atoms with Crippen molar-refractivity contribution >= 4 is 47.8 Å². The number of rotatable bonds is 20. The number of hydrogen-bond acceptors (Lipinski definition) is 17. The fraction of sp³-hybridized carbons (Fsp3) is 0.680. The first-order valence-corrected chi connectivity index (χ1v) is 12.5. The molecule has 3 atom stereocenters. The highest BCUT2D eigenvalue weighted by atomic mass is 16.6. The van der Waals surface area contributed by atoms with E-state index in [9.17, 15) is 43.5 Å². The Balaban J connectivity index is 6.06. The minimum absolute atomic E-state index is 0.345. The molecule has 0 aliphatic heterocycles. The Morgan fingerprint density at radius 2 is 0.762 bits per heavy atom. The van der Waals surface area contributed by atoms with Crippen LogP contribution >= 0.6 is 0 Å². The number of hydrogen-bond donors (Lipinski definition) is 1. The highest BCUT2D eigenvalue weighted by Gasteiger charge is 2.39. The Kier molecular flexibility index (Phi) is 19.3. The van der Waals surface area contributed by atoms with Crippen LogP contribution in [0.2, 0.25) is 0 Å². The van der Waals surface area contributed by atoms with Gasteiger partial charge in [0.15, 0.2) is 18.3 Å². The summed E-state index contributed by atoms with van der Waals surface area (Å²) in [6.45, 7) is -1.83. The average molecular weight is 609 g/mol. The molecule has 0 aliphatic carbocycles. The van der Waals surface area contributed by atoms with Crippen LogP contribution in [-0.2, 0) is 76.3 Å². The summed E-state index contributed by atoms with van der Waals surface area (Å²) in [5.41, 5.74) is 0. The Morgan fingerprint density at radius 3 is 1.12 bits per heavy atom. The van der Waals surface area contributed by atoms with Gasteiger partial charge in [-0.05, 0) is 0 Å². The molecule has 0 radical (unpaired) electrons. The molecule has 0 fully saturated rings. The van der Waals surface area contributed by atoms with Gasteiger partial charge in [0.1, 0.15) is 6.61 Å². The van der Waals surface area contributed by atoms with E-state index in [4.69, 9.17) is 18.9 Å². The summed E-state index contributed by atoms with van der Waals surface area (Å²) in [6, 6.07) is 0. The lowest BCUT2D eigenvalue weighted by molar-refractivity contribution is -0.195. The zero-order valence-electron chi connectivity index (χ0n) is 23.8. The number of methoxy groups -OCH3 is 4. The van der Waals surface area contributed by atoms with E-state index in [1.54, 1.807) is 0 Å². The lowest BCUT2D eigenvalue weighted by atomic mass is 10.1. The molecular weight excluding hydrogens is 572 g/mol. The summed E-state index contributed by atoms with van der Waals surface area (Å²) in [5.74, 6) is -7.10. The molecule has 0 spiro atoms. The molecule has 17 heteroatoms. The van der Waals surface area contributed by atoms with Gasteiger partial charge in [-0.25, -0.2) is 0 Å². The SMILES string of the molecule is COC(=O)CCC(=O)OC[C@@H](OC(=O)CCC(=O)OC)[C@@H](OC(=O)CCC(=O)OC)[C@@H](CO)OC(=O)CCC(=O)OC. The number of esters is 8. The predicted octanol–water partition coefficient (Wildman–Crippen LogP) is -0.930. The molecule has 0 saturated carbocycles. The third-order valence-electron chi connectivity index (χ3n) is 5.20. The van der Waals surface area contributed by atoms with E-state index in [0.717, 1.165) is 28.4 Å². The number of carbonyl (C=O) groups is 8. The van der Waals surface area contributed by atoms with Crippen LogP contribution in [0.5, 0.6) is 0 Å². The first-order chi connectivity index (χ1) is 19.9. The fourth-order valence-corrected chi connectivity index (χ4v) is 2.93. The van der Waals surface area contributed by atoms with Gasteiger partial charge in [0.05, 0.1) is 86.4 Å². The van der Waals surface area contributed by atoms with Crippen LogP contribution in [0.1, 0.15) is 51.4 Å². The summed E-state index contributed by atoms with van der Waals surface area (Å²) < 4.78 is 38.6. The average Bonchev–Trinajstić information content (AvgIpc) is 2.99. The molecular formula is C25H36O17. The van der Waals surface area contributed by atoms with Crippen LogP contribution in [0.15, 0.2) is 0 Å². The summed E-state index contributed by atoms with van der Waals surface area (Å²) in [4.78, 5) is 95.2. The predicted molar refractivity (Wildman–Crippen MR) is 133 cm³/mol. The van der Waals surface area contributed by atoms with Crippen molar-refractivity contribution in [3.63, 3.8) is 0 Å². The molecule has 42 heavy (non-hydrogen) atoms. The van der Waals surface area contributed by atoms with E-state index in [1.807, 2.05) is 0 Å². The molecule has 0 bridgehead atoms. The molecule has 0 saturated heterocycles. The maximum Gasteiger partial charge on any atom is 0.306 e. The van der Waals surface area contributed by atoms with Gasteiger partial charge in [-0.15, -0.1) is 0 Å². The lowest BCUT2D eigenvalue weighted by Gasteiger charge is -2.31. The van der Waals surface area contributed by atoms with E-state index in [-0.39, 0.29) is 12.8 Å². The summed E-state index contributed by atoms with van der Waals surface area (Å²) in [7, 11) is 4.39. The smallest absolute Gasteiger partial charge is 0.306 e. The summed E-state index contributed by atoms with van der Waals surface area (Å²) in [6.07, 6.45) is -8.85. The van der Waals surface area contributed by atoms with Gasteiger partial charge in [-0.1, -0.05) is 0 Å². The quantitative estimate of drug-likeness (QED) is 0.130. The van der Waals surface area contributed by atoms with Crippen LogP contribution in [0.3, 0.4) is 0 Å². The zero-order valence-corrected chi connectivity index (χ0v) is 23.8. The third kappa shape index (κ3) is 16.7. The largest absolute Gasteiger partial charge is 0.469 e. The van der Waals surface area contributed by atoms with E-state index in [1.165, 1.54) is 0 Å². The van der Waals surface area contributed by atoms with Crippen molar-refractivity contribution in [2.24, 2.45) is 0 Å². The topological polar surface area (TPSA) is 231 Å². The Morgan fingerprint density at radius 1 is 0.452 bits per heavy atom. The van der Waals surface area contributed by atoms with Crippen LogP contribution in [-0.4, -0.2) is 113 Å². The monoisotopic (exact) mass is 608 g/mol. The second kappa shape index (κ2) is 21.5. The molecule has 0 rings (SSSR count). The minimum atomic E-state index is -1.82. The van der Waals surface area contributed by atoms with Crippen LogP contribution in [0, 0.1) is 0 Å². The minimum Gasteiger partial charge on any atom is -0.469 e. The second-order valence-electron chi connectivity index (χ2n) is 8.18. The van der Waals surface area contributed by atoms with Crippen molar-refractivity contribution in [1.82, 2.24) is 0 Å². The van der Waals surface area contributed by atoms with Crippen LogP contribution in [0.25, 0.3) is 0 Å². The molecule has 0 unspecified atom stereocenters. The zero-order chi connectivity index (χ0) is 32.1. The first kappa shape index (κ1) is 37.7. The molecule has 0 aromatic rings. The van der Waals surface area contributed by atoms with E-state index in [2.05, 4.69) is 18.9 Å². The summed E-state index contributed by atoms with van der Waals surface area (Å²) >= 11 is 0. The van der Waals surface area contributed by atoms with Crippen molar-refractivity contribution in [3.05, 3.63) is 0 Å². The molecule has 0 heterocycles. The van der Waals surface area contributed by atoms with Crippen molar-refractivity contribution in [2.75, 3.05) is 41.7 Å². The maximum atomic E-state index is 12.6. The van der Waals surface area contributed by atoms with E-state index < -0.39 is 118 Å². The number of ether oxygens (including phenoxy) is 8. The normalized spacial score (nSPS) is 12.4. The fourth-order valence-electron chi connectivity index (χ4n) is 2.93. The van der Waals surface area contributed by atoms with E-state index >= 15 is 0 Å². The van der Waals surface area contributed by atoms with Gasteiger partial charge in [-0.2, -0.15) is 0 Å². The van der Waals surface area contributed by atoms with Gasteiger partial charge in [0.25, 0.3) is 0 Å². The van der Waals surface area contributed by atoms with Crippen molar-refractivity contribution < 1.29 is 81.4 Å². The molecule has 0 aromatic heterocycles. The number of aliphatic hydroxyl groups is 1. The number of aliphatic hydroxyl groups excluding tert-OH is 1. The standard InChI is InChI=1S/C25H36O17/c1-35-17(27)5-9-21(31)39-14-16(41-23(33)11-7-19(29)37-3)25(42-24(34)12-8-20(30)38-4)15(13-26)40-22(32)10-6-18(28)36-2/h15-16,25-26H,5-14H2,1-4H3/t15-,16-,25+/m1/s1. The van der Waals surface area contributed by atoms with Gasteiger partial charge in [-0.3, -0.25) is 38.4 Å². The maximum absolute atomic E-state index is 12.6. The molecule has 17 nitrogen and oxygen atoms in total. The van der Waals surface area contributed by atoms with Crippen LogP contribution in [0.4, 0.5) is 0 Å². The van der Waals surface area contributed by atoms with Gasteiger partial charge >= 0.3 is 47.8 Å². The Hall–Kier alpha value is -4.28. The van der Waals surface area contributed by atoms with Crippen molar-refractivity contribution in [1.29, 1.82) is 0 Å². The molecule has 0 amide bonds. The van der Waals surface area contributed by atoms with Gasteiger partial charge in [0.2, 0.25) is 0 Å². The molecule has 0 aliphatic rings. The van der Waals surface area contributed by atoms with Crippen molar-refractivity contribution in [3.8, 4) is 0 Å². The van der Waals surface area contributed by atoms with Crippen molar-refractivity contribution in [2.45, 2.75) is 69.7 Å². The Bertz CT molecular complexity index is 943. The highest BCUT2D eigenvalue weighted by Crippen LogP contribution is 2.18. The Labute approximate surface area is 240 Å². The molecule has 1 N–H and O–H groups in total. The number of carbonyl (C=O) groups excluding carboxylic acids is 8. The third-order valence-corrected chi connectivity index (χ3v) is 5.20. The molecule has 0 aromatic carbocycles. The second-order valence-corrected chi connectivity index (χ2v) is 8.18. The van der Waals surface area contributed by atoms with Crippen LogP contribution < -0.4 is 0 Å². The first-order valence-electron chi connectivity index (χ1n) is 12.5. The lowest BCUT2D eigenvalue weighted by Crippen LogP contribution is -2.49. The summed E-state index contributed by atoms with van der Waals surface area (Å²) in [5, 5.41) is 9.98. The highest BCUT2D eigenvalue weighted by molar-refractivity contribution is 5.80. The van der Waals surface area contributed by atoms with Gasteiger partial charge < -0.3 is 43.0 Å². The van der Waals surface area contributed by atoms with E-state index in [0.29, 0.717) is 0 Å². The molecule has 238 valence electrons.